The quantitative estimate of drug-likeness (QED) is 0.902. The highest BCUT2D eigenvalue weighted by Crippen LogP contribution is 2.26. The number of carbonyl (C=O) groups excluding carboxylic acids is 1. The van der Waals surface area contributed by atoms with Crippen molar-refractivity contribution in [2.75, 3.05) is 13.1 Å². The molecule has 0 bridgehead atoms. The molecule has 6 heteroatoms. The predicted molar refractivity (Wildman–Crippen MR) is 82.7 cm³/mol. The predicted octanol–water partition coefficient (Wildman–Crippen LogP) is 2.93. The molecule has 5 nitrogen and oxygen atoms in total. The van der Waals surface area contributed by atoms with Gasteiger partial charge >= 0.3 is 12.0 Å². The van der Waals surface area contributed by atoms with E-state index in [1.807, 2.05) is 6.92 Å². The number of hydrogen-bond donors (Lipinski definition) is 2. The molecular formula is C15H22N2O3S. The molecule has 2 N–H and O–H groups in total. The van der Waals surface area contributed by atoms with Crippen molar-refractivity contribution >= 4 is 23.3 Å². The first-order valence-corrected chi connectivity index (χ1v) is 8.05. The van der Waals surface area contributed by atoms with E-state index in [-0.39, 0.29) is 18.0 Å². The second kappa shape index (κ2) is 6.47. The highest BCUT2D eigenvalue weighted by Gasteiger charge is 2.27. The Morgan fingerprint density at radius 3 is 2.48 bits per heavy atom. The number of thiophene rings is 1. The summed E-state index contributed by atoms with van der Waals surface area (Å²) in [4.78, 5) is 27.3. The topological polar surface area (TPSA) is 69.6 Å². The van der Waals surface area contributed by atoms with Crippen LogP contribution in [0.15, 0.2) is 6.07 Å². The maximum Gasteiger partial charge on any atom is 0.317 e. The molecule has 2 amide bonds. The number of aryl methyl sites for hydroxylation is 2. The number of nitrogens with one attached hydrogen (secondary N) is 1. The molecule has 1 atom stereocenters. The number of urea groups is 1. The molecule has 116 valence electrons. The highest BCUT2D eigenvalue weighted by atomic mass is 32.1. The summed E-state index contributed by atoms with van der Waals surface area (Å²) in [6, 6.07) is 1.98. The SMILES string of the molecule is Cc1cc(C(C)NC(=O)N2CCC(C(=O)O)CC2)c(C)s1. The Labute approximate surface area is 129 Å². The lowest BCUT2D eigenvalue weighted by Crippen LogP contribution is -2.46. The van der Waals surface area contributed by atoms with Crippen molar-refractivity contribution in [3.8, 4) is 0 Å². The van der Waals surface area contributed by atoms with Crippen LogP contribution >= 0.6 is 11.3 Å². The Hall–Kier alpha value is -1.56. The summed E-state index contributed by atoms with van der Waals surface area (Å²) in [6.45, 7) is 7.13. The van der Waals surface area contributed by atoms with Gasteiger partial charge in [-0.2, -0.15) is 0 Å². The lowest BCUT2D eigenvalue weighted by molar-refractivity contribution is -0.143. The normalized spacial score (nSPS) is 17.6. The van der Waals surface area contributed by atoms with Crippen LogP contribution < -0.4 is 5.32 Å². The van der Waals surface area contributed by atoms with Gasteiger partial charge in [0.05, 0.1) is 12.0 Å². The van der Waals surface area contributed by atoms with Gasteiger partial charge in [-0.3, -0.25) is 4.79 Å². The van der Waals surface area contributed by atoms with Gasteiger partial charge in [-0.05, 0) is 45.2 Å². The molecule has 1 unspecified atom stereocenters. The second-order valence-corrected chi connectivity index (χ2v) is 7.10. The number of carboxylic acids is 1. The number of hydrogen-bond acceptors (Lipinski definition) is 3. The van der Waals surface area contributed by atoms with E-state index < -0.39 is 5.97 Å². The van der Waals surface area contributed by atoms with E-state index in [1.54, 1.807) is 16.2 Å². The minimum Gasteiger partial charge on any atom is -0.481 e. The zero-order valence-electron chi connectivity index (χ0n) is 12.7. The van der Waals surface area contributed by atoms with Gasteiger partial charge in [0.15, 0.2) is 0 Å². The molecule has 0 radical (unpaired) electrons. The molecule has 1 aromatic rings. The summed E-state index contributed by atoms with van der Waals surface area (Å²) in [6.07, 6.45) is 1.07. The molecule has 0 saturated carbocycles. The third-order valence-corrected chi connectivity index (χ3v) is 5.00. The molecule has 1 fully saturated rings. The van der Waals surface area contributed by atoms with Crippen LogP contribution in [0.4, 0.5) is 4.79 Å². The fourth-order valence-electron chi connectivity index (χ4n) is 2.76. The van der Waals surface area contributed by atoms with Crippen LogP contribution in [0.5, 0.6) is 0 Å². The van der Waals surface area contributed by atoms with Gasteiger partial charge in [-0.15, -0.1) is 11.3 Å². The number of amides is 2. The van der Waals surface area contributed by atoms with Crippen molar-refractivity contribution in [1.82, 2.24) is 10.2 Å². The Bertz CT molecular complexity index is 533. The molecule has 1 saturated heterocycles. The van der Waals surface area contributed by atoms with Crippen molar-refractivity contribution in [2.24, 2.45) is 5.92 Å². The molecular weight excluding hydrogens is 288 g/mol. The molecule has 1 aliphatic heterocycles. The van der Waals surface area contributed by atoms with Crippen molar-refractivity contribution in [3.63, 3.8) is 0 Å². The lowest BCUT2D eigenvalue weighted by Gasteiger charge is -2.31. The van der Waals surface area contributed by atoms with Gasteiger partial charge in [-0.25, -0.2) is 4.79 Å². The van der Waals surface area contributed by atoms with Gasteiger partial charge in [0.2, 0.25) is 0 Å². The first kappa shape index (κ1) is 15.8. The van der Waals surface area contributed by atoms with Crippen molar-refractivity contribution in [2.45, 2.75) is 39.7 Å². The maximum atomic E-state index is 12.2. The first-order chi connectivity index (χ1) is 9.88. The number of rotatable bonds is 3. The maximum absolute atomic E-state index is 12.2. The lowest BCUT2D eigenvalue weighted by atomic mass is 9.97. The van der Waals surface area contributed by atoms with E-state index in [0.29, 0.717) is 25.9 Å². The van der Waals surface area contributed by atoms with E-state index in [4.69, 9.17) is 5.11 Å². The fourth-order valence-corrected chi connectivity index (χ4v) is 3.79. The largest absolute Gasteiger partial charge is 0.481 e. The Morgan fingerprint density at radius 2 is 2.00 bits per heavy atom. The van der Waals surface area contributed by atoms with Gasteiger partial charge in [0, 0.05) is 22.8 Å². The van der Waals surface area contributed by atoms with Gasteiger partial charge in [0.1, 0.15) is 0 Å². The second-order valence-electron chi connectivity index (χ2n) is 5.64. The third kappa shape index (κ3) is 3.75. The van der Waals surface area contributed by atoms with Crippen molar-refractivity contribution in [3.05, 3.63) is 21.4 Å². The number of carbonyl (C=O) groups is 2. The van der Waals surface area contributed by atoms with Crippen LogP contribution in [0.1, 0.15) is 41.1 Å². The molecule has 2 heterocycles. The number of likely N-dealkylation sites (tertiary alicyclic amines) is 1. The minimum atomic E-state index is -0.757. The summed E-state index contributed by atoms with van der Waals surface area (Å²) in [5.41, 5.74) is 1.16. The number of carboxylic acid groups (broad SMARTS) is 1. The average molecular weight is 310 g/mol. The smallest absolute Gasteiger partial charge is 0.317 e. The van der Waals surface area contributed by atoms with Gasteiger partial charge in [0.25, 0.3) is 0 Å². The fraction of sp³-hybridized carbons (Fsp3) is 0.600. The van der Waals surface area contributed by atoms with Crippen molar-refractivity contribution in [1.29, 1.82) is 0 Å². The molecule has 1 aromatic heterocycles. The van der Waals surface area contributed by atoms with Crippen LogP contribution in [0, 0.1) is 19.8 Å². The minimum absolute atomic E-state index is 0.0281. The van der Waals surface area contributed by atoms with E-state index in [2.05, 4.69) is 25.2 Å². The monoisotopic (exact) mass is 310 g/mol. The molecule has 0 aromatic carbocycles. The van der Waals surface area contributed by atoms with Crippen LogP contribution in [0.2, 0.25) is 0 Å². The molecule has 1 aliphatic rings. The van der Waals surface area contributed by atoms with E-state index in [9.17, 15) is 9.59 Å². The number of nitrogens with zero attached hydrogens (tertiary/aromatic N) is 1. The first-order valence-electron chi connectivity index (χ1n) is 7.23. The molecule has 0 spiro atoms. The Kier molecular flexibility index (Phi) is 4.88. The zero-order chi connectivity index (χ0) is 15.6. The van der Waals surface area contributed by atoms with Gasteiger partial charge in [-0.1, -0.05) is 0 Å². The van der Waals surface area contributed by atoms with E-state index in [1.165, 1.54) is 9.75 Å². The average Bonchev–Trinajstić information content (AvgIpc) is 2.77. The van der Waals surface area contributed by atoms with Crippen LogP contribution in [-0.2, 0) is 4.79 Å². The molecule has 0 aliphatic carbocycles. The number of piperidine rings is 1. The summed E-state index contributed by atoms with van der Waals surface area (Å²) in [5, 5.41) is 12.0. The zero-order valence-corrected chi connectivity index (χ0v) is 13.5. The van der Waals surface area contributed by atoms with E-state index >= 15 is 0 Å². The van der Waals surface area contributed by atoms with E-state index in [0.717, 1.165) is 5.56 Å². The third-order valence-electron chi connectivity index (χ3n) is 4.02. The summed E-state index contributed by atoms with van der Waals surface area (Å²) >= 11 is 1.73. The van der Waals surface area contributed by atoms with Crippen LogP contribution in [-0.4, -0.2) is 35.1 Å². The van der Waals surface area contributed by atoms with Crippen LogP contribution in [0.3, 0.4) is 0 Å². The molecule has 2 rings (SSSR count). The number of aliphatic carboxylic acids is 1. The Balaban J connectivity index is 1.90. The Morgan fingerprint density at radius 1 is 1.38 bits per heavy atom. The highest BCUT2D eigenvalue weighted by molar-refractivity contribution is 7.12. The standard InChI is InChI=1S/C15H22N2O3S/c1-9-8-13(11(3)21-9)10(2)16-15(20)17-6-4-12(5-7-17)14(18)19/h8,10,12H,4-7H2,1-3H3,(H,16,20)(H,18,19). The summed E-state index contributed by atoms with van der Waals surface area (Å²) < 4.78 is 0. The van der Waals surface area contributed by atoms with Gasteiger partial charge < -0.3 is 15.3 Å². The van der Waals surface area contributed by atoms with Crippen LogP contribution in [0.25, 0.3) is 0 Å². The van der Waals surface area contributed by atoms with Crippen molar-refractivity contribution < 1.29 is 14.7 Å². The summed E-state index contributed by atoms with van der Waals surface area (Å²) in [7, 11) is 0. The molecule has 21 heavy (non-hydrogen) atoms. The summed E-state index contributed by atoms with van der Waals surface area (Å²) in [5.74, 6) is -1.07.